The lowest BCUT2D eigenvalue weighted by Gasteiger charge is -2.37. The fraction of sp³-hybridized carbons (Fsp3) is 0.522. The Morgan fingerprint density at radius 2 is 1.61 bits per heavy atom. The largest absolute Gasteiger partial charge is 0.380 e. The van der Waals surface area contributed by atoms with Crippen LogP contribution in [0.5, 0.6) is 0 Å². The zero-order valence-electron chi connectivity index (χ0n) is 18.4. The van der Waals surface area contributed by atoms with Crippen molar-refractivity contribution >= 4 is 17.5 Å². The molecule has 178 valence electrons. The van der Waals surface area contributed by atoms with E-state index in [0.29, 0.717) is 31.8 Å². The molecule has 0 saturated carbocycles. The summed E-state index contributed by atoms with van der Waals surface area (Å²) in [5, 5.41) is 2.77. The number of nitrogens with one attached hydrogen (secondary N) is 1. The van der Waals surface area contributed by atoms with Crippen LogP contribution in [0.25, 0.3) is 0 Å². The minimum Gasteiger partial charge on any atom is -0.380 e. The van der Waals surface area contributed by atoms with E-state index in [1.165, 1.54) is 0 Å². The van der Waals surface area contributed by atoms with Gasteiger partial charge in [-0.15, -0.1) is 0 Å². The Morgan fingerprint density at radius 1 is 1.00 bits per heavy atom. The Morgan fingerprint density at radius 3 is 2.21 bits per heavy atom. The lowest BCUT2D eigenvalue weighted by atomic mass is 9.92. The van der Waals surface area contributed by atoms with Crippen molar-refractivity contribution in [3.05, 3.63) is 47.5 Å². The molecule has 3 N–H and O–H groups in total. The second-order valence-electron chi connectivity index (χ2n) is 8.89. The molecule has 1 amide bonds. The summed E-state index contributed by atoms with van der Waals surface area (Å²) in [4.78, 5) is 25.2. The molecule has 1 aromatic carbocycles. The Hall–Kier alpha value is -2.88. The molecule has 3 heterocycles. The van der Waals surface area contributed by atoms with E-state index in [1.54, 1.807) is 12.4 Å². The van der Waals surface area contributed by atoms with Gasteiger partial charge >= 0.3 is 0 Å². The summed E-state index contributed by atoms with van der Waals surface area (Å²) in [6, 6.07) is 1.34. The van der Waals surface area contributed by atoms with Crippen molar-refractivity contribution in [1.82, 2.24) is 19.8 Å². The number of nitrogens with zero attached hydrogens (tertiary/aromatic N) is 4. The number of hydrogen-bond donors (Lipinski definition) is 2. The monoisotopic (exact) mass is 462 g/mol. The van der Waals surface area contributed by atoms with Gasteiger partial charge < -0.3 is 16.0 Å². The SMILES string of the molecule is Nc1ncc(CN2CCC(C(=O)N3CCC(CNc4c(F)cc(F)cc4F)CC3)CC2)cn1. The van der Waals surface area contributed by atoms with Crippen molar-refractivity contribution in [3.63, 3.8) is 0 Å². The minimum absolute atomic E-state index is 0.0287. The zero-order valence-corrected chi connectivity index (χ0v) is 18.4. The van der Waals surface area contributed by atoms with Gasteiger partial charge in [0.25, 0.3) is 0 Å². The number of carbonyl (C=O) groups is 1. The Kier molecular flexibility index (Phi) is 7.32. The van der Waals surface area contributed by atoms with Crippen molar-refractivity contribution in [2.75, 3.05) is 43.8 Å². The number of hydrogen-bond acceptors (Lipinski definition) is 6. The van der Waals surface area contributed by atoms with E-state index in [2.05, 4.69) is 20.2 Å². The molecule has 2 aliphatic rings. The molecule has 4 rings (SSSR count). The standard InChI is InChI=1S/C23H29F3N6O/c24-18-9-19(25)21(20(26)10-18)28-11-15-1-7-32(8-2-15)22(33)17-3-5-31(6-4-17)14-16-12-29-23(27)30-13-16/h9-10,12-13,15,17,28H,1-8,11,14H2,(H2,27,29,30). The quantitative estimate of drug-likeness (QED) is 0.686. The maximum Gasteiger partial charge on any atom is 0.225 e. The second-order valence-corrected chi connectivity index (χ2v) is 8.89. The Labute approximate surface area is 191 Å². The average molecular weight is 463 g/mol. The molecule has 2 saturated heterocycles. The Balaban J connectivity index is 1.19. The summed E-state index contributed by atoms with van der Waals surface area (Å²) < 4.78 is 40.6. The fourth-order valence-electron chi connectivity index (χ4n) is 4.62. The van der Waals surface area contributed by atoms with Gasteiger partial charge in [-0.1, -0.05) is 0 Å². The summed E-state index contributed by atoms with van der Waals surface area (Å²) >= 11 is 0. The van der Waals surface area contributed by atoms with Crippen LogP contribution >= 0.6 is 0 Å². The molecule has 0 spiro atoms. The van der Waals surface area contributed by atoms with E-state index in [-0.39, 0.29) is 29.4 Å². The molecule has 2 aromatic rings. The molecule has 0 radical (unpaired) electrons. The maximum absolute atomic E-state index is 13.8. The molecule has 7 nitrogen and oxygen atoms in total. The molecule has 0 aliphatic carbocycles. The number of nitrogen functional groups attached to an aromatic ring is 1. The topological polar surface area (TPSA) is 87.4 Å². The summed E-state index contributed by atoms with van der Waals surface area (Å²) in [5.74, 6) is -2.12. The van der Waals surface area contributed by atoms with Crippen LogP contribution in [0.2, 0.25) is 0 Å². The predicted molar refractivity (Wildman–Crippen MR) is 119 cm³/mol. The van der Waals surface area contributed by atoms with Crippen molar-refractivity contribution < 1.29 is 18.0 Å². The third-order valence-electron chi connectivity index (χ3n) is 6.57. The molecule has 10 heteroatoms. The van der Waals surface area contributed by atoms with E-state index in [0.717, 1.165) is 50.9 Å². The summed E-state index contributed by atoms with van der Waals surface area (Å²) in [6.45, 7) is 4.10. The summed E-state index contributed by atoms with van der Waals surface area (Å²) in [5.41, 5.74) is 6.23. The van der Waals surface area contributed by atoms with E-state index in [9.17, 15) is 18.0 Å². The molecule has 1 aromatic heterocycles. The highest BCUT2D eigenvalue weighted by Crippen LogP contribution is 2.26. The normalized spacial score (nSPS) is 18.5. The van der Waals surface area contributed by atoms with Gasteiger partial charge in [-0.2, -0.15) is 0 Å². The number of likely N-dealkylation sites (tertiary alicyclic amines) is 2. The number of aromatic nitrogens is 2. The van der Waals surface area contributed by atoms with Crippen molar-refractivity contribution in [2.24, 2.45) is 11.8 Å². The van der Waals surface area contributed by atoms with Gasteiger partial charge in [0.15, 0.2) is 11.6 Å². The molecule has 2 fully saturated rings. The minimum atomic E-state index is -0.938. The van der Waals surface area contributed by atoms with E-state index < -0.39 is 17.5 Å². The Bertz CT molecular complexity index is 934. The maximum atomic E-state index is 13.8. The number of piperidine rings is 2. The number of halogens is 3. The lowest BCUT2D eigenvalue weighted by Crippen LogP contribution is -2.46. The van der Waals surface area contributed by atoms with Gasteiger partial charge in [0.1, 0.15) is 11.5 Å². The number of carbonyl (C=O) groups excluding carboxylic acids is 1. The number of anilines is 2. The first-order chi connectivity index (χ1) is 15.9. The predicted octanol–water partition coefficient (Wildman–Crippen LogP) is 3.04. The van der Waals surface area contributed by atoms with Crippen LogP contribution in [-0.4, -0.2) is 58.4 Å². The van der Waals surface area contributed by atoms with Gasteiger partial charge in [0.2, 0.25) is 11.9 Å². The average Bonchev–Trinajstić information content (AvgIpc) is 2.80. The van der Waals surface area contributed by atoms with Gasteiger partial charge in [-0.3, -0.25) is 9.69 Å². The number of amides is 1. The van der Waals surface area contributed by atoms with Crippen LogP contribution in [0.1, 0.15) is 31.2 Å². The van der Waals surface area contributed by atoms with Crippen molar-refractivity contribution in [1.29, 1.82) is 0 Å². The van der Waals surface area contributed by atoms with Gasteiger partial charge in [0, 0.05) is 62.2 Å². The summed E-state index contributed by atoms with van der Waals surface area (Å²) in [7, 11) is 0. The smallest absolute Gasteiger partial charge is 0.225 e. The first-order valence-corrected chi connectivity index (χ1v) is 11.3. The van der Waals surface area contributed by atoms with Crippen LogP contribution in [0.3, 0.4) is 0 Å². The highest BCUT2D eigenvalue weighted by molar-refractivity contribution is 5.79. The lowest BCUT2D eigenvalue weighted by molar-refractivity contribution is -0.138. The van der Waals surface area contributed by atoms with Gasteiger partial charge in [-0.25, -0.2) is 23.1 Å². The highest BCUT2D eigenvalue weighted by Gasteiger charge is 2.31. The third kappa shape index (κ3) is 5.93. The van der Waals surface area contributed by atoms with Crippen molar-refractivity contribution in [3.8, 4) is 0 Å². The number of benzene rings is 1. The number of nitrogens with two attached hydrogens (primary N) is 1. The molecule has 0 unspecified atom stereocenters. The van der Waals surface area contributed by atoms with Crippen LogP contribution in [-0.2, 0) is 11.3 Å². The molecular formula is C23H29F3N6O. The molecular weight excluding hydrogens is 433 g/mol. The van der Waals surface area contributed by atoms with E-state index in [4.69, 9.17) is 5.73 Å². The van der Waals surface area contributed by atoms with Crippen LogP contribution in [0, 0.1) is 29.3 Å². The highest BCUT2D eigenvalue weighted by atomic mass is 19.1. The van der Waals surface area contributed by atoms with Crippen LogP contribution in [0.15, 0.2) is 24.5 Å². The second kappa shape index (κ2) is 10.4. The first kappa shape index (κ1) is 23.3. The van der Waals surface area contributed by atoms with Crippen LogP contribution in [0.4, 0.5) is 24.8 Å². The molecule has 2 aliphatic heterocycles. The zero-order chi connectivity index (χ0) is 23.4. The van der Waals surface area contributed by atoms with Gasteiger partial charge in [-0.05, 0) is 44.7 Å². The molecule has 0 bridgehead atoms. The molecule has 0 atom stereocenters. The third-order valence-corrected chi connectivity index (χ3v) is 6.57. The van der Waals surface area contributed by atoms with Gasteiger partial charge in [0.05, 0.1) is 0 Å². The van der Waals surface area contributed by atoms with Crippen molar-refractivity contribution in [2.45, 2.75) is 32.2 Å². The molecule has 33 heavy (non-hydrogen) atoms. The van der Waals surface area contributed by atoms with E-state index in [1.807, 2.05) is 4.90 Å². The van der Waals surface area contributed by atoms with Crippen LogP contribution < -0.4 is 11.1 Å². The fourth-order valence-corrected chi connectivity index (χ4v) is 4.62. The van der Waals surface area contributed by atoms with E-state index >= 15 is 0 Å². The summed E-state index contributed by atoms with van der Waals surface area (Å²) in [6.07, 6.45) is 6.63. The first-order valence-electron chi connectivity index (χ1n) is 11.3. The number of rotatable bonds is 6.